The van der Waals surface area contributed by atoms with Crippen LogP contribution in [0.2, 0.25) is 0 Å². The van der Waals surface area contributed by atoms with Crippen LogP contribution in [0.1, 0.15) is 24.1 Å². The van der Waals surface area contributed by atoms with Crippen molar-refractivity contribution in [1.29, 1.82) is 0 Å². The van der Waals surface area contributed by atoms with E-state index in [1.807, 2.05) is 20.2 Å². The summed E-state index contributed by atoms with van der Waals surface area (Å²) < 4.78 is 20.6. The molecule has 1 aromatic carbocycles. The summed E-state index contributed by atoms with van der Waals surface area (Å²) in [5.74, 6) is 0.340. The Hall–Kier alpha value is -1.88. The topological polar surface area (TPSA) is 53.1 Å². The maximum atomic E-state index is 13.2. The van der Waals surface area contributed by atoms with Gasteiger partial charge in [-0.3, -0.25) is 4.68 Å². The summed E-state index contributed by atoms with van der Waals surface area (Å²) in [6.07, 6.45) is 4.50. The Balaban J connectivity index is 1.99. The first-order chi connectivity index (χ1) is 9.06. The van der Waals surface area contributed by atoms with Crippen molar-refractivity contribution in [1.82, 2.24) is 9.78 Å². The first kappa shape index (κ1) is 13.5. The summed E-state index contributed by atoms with van der Waals surface area (Å²) >= 11 is 0. The van der Waals surface area contributed by atoms with Gasteiger partial charge < -0.3 is 10.5 Å². The van der Waals surface area contributed by atoms with Gasteiger partial charge in [0.1, 0.15) is 11.6 Å². The van der Waals surface area contributed by atoms with Gasteiger partial charge in [0.25, 0.3) is 0 Å². The molecule has 0 saturated carbocycles. The number of rotatable bonds is 5. The van der Waals surface area contributed by atoms with Crippen molar-refractivity contribution in [2.24, 2.45) is 12.8 Å². The molecule has 0 aliphatic heterocycles. The number of aryl methyl sites for hydroxylation is 1. The van der Waals surface area contributed by atoms with Crippen LogP contribution in [0, 0.1) is 5.82 Å². The molecular formula is C14H18FN3O. The lowest BCUT2D eigenvalue weighted by Crippen LogP contribution is -2.10. The minimum Gasteiger partial charge on any atom is -0.493 e. The number of aromatic nitrogens is 2. The fraction of sp³-hybridized carbons (Fsp3) is 0.357. The Morgan fingerprint density at radius 3 is 2.89 bits per heavy atom. The number of nitrogens with zero attached hydrogens (tertiary/aromatic N) is 2. The largest absolute Gasteiger partial charge is 0.493 e. The second-order valence-corrected chi connectivity index (χ2v) is 4.59. The SMILES string of the molecule is C[C@@H](N)c1cc(F)ccc1OCCc1cnn(C)c1. The number of hydrogen-bond acceptors (Lipinski definition) is 3. The lowest BCUT2D eigenvalue weighted by Gasteiger charge is -2.13. The van der Waals surface area contributed by atoms with E-state index < -0.39 is 0 Å². The molecule has 4 nitrogen and oxygen atoms in total. The lowest BCUT2D eigenvalue weighted by atomic mass is 10.1. The van der Waals surface area contributed by atoms with E-state index in [2.05, 4.69) is 5.10 Å². The number of halogens is 1. The summed E-state index contributed by atoms with van der Waals surface area (Å²) in [5, 5.41) is 4.09. The maximum Gasteiger partial charge on any atom is 0.124 e. The van der Waals surface area contributed by atoms with Gasteiger partial charge in [-0.1, -0.05) is 0 Å². The summed E-state index contributed by atoms with van der Waals surface area (Å²) in [4.78, 5) is 0. The first-order valence-electron chi connectivity index (χ1n) is 6.21. The second-order valence-electron chi connectivity index (χ2n) is 4.59. The van der Waals surface area contributed by atoms with Crippen molar-refractivity contribution in [2.75, 3.05) is 6.61 Å². The van der Waals surface area contributed by atoms with Crippen LogP contribution < -0.4 is 10.5 Å². The number of benzene rings is 1. The van der Waals surface area contributed by atoms with Crippen molar-refractivity contribution in [3.63, 3.8) is 0 Å². The van der Waals surface area contributed by atoms with Gasteiger partial charge in [-0.05, 0) is 30.7 Å². The summed E-state index contributed by atoms with van der Waals surface area (Å²) in [7, 11) is 1.87. The highest BCUT2D eigenvalue weighted by molar-refractivity contribution is 5.36. The fourth-order valence-electron chi connectivity index (χ4n) is 1.89. The highest BCUT2D eigenvalue weighted by atomic mass is 19.1. The molecule has 0 spiro atoms. The molecule has 0 fully saturated rings. The Kier molecular flexibility index (Phi) is 4.16. The molecule has 2 rings (SSSR count). The monoisotopic (exact) mass is 263 g/mol. The van der Waals surface area contributed by atoms with Gasteiger partial charge in [-0.2, -0.15) is 5.10 Å². The van der Waals surface area contributed by atoms with Gasteiger partial charge in [0.15, 0.2) is 0 Å². The van der Waals surface area contributed by atoms with Crippen LogP contribution in [0.25, 0.3) is 0 Å². The van der Waals surface area contributed by atoms with E-state index in [0.717, 1.165) is 12.0 Å². The Bertz CT molecular complexity index is 551. The zero-order valence-electron chi connectivity index (χ0n) is 11.1. The Labute approximate surface area is 112 Å². The van der Waals surface area contributed by atoms with E-state index >= 15 is 0 Å². The van der Waals surface area contributed by atoms with Gasteiger partial charge in [-0.25, -0.2) is 4.39 Å². The second kappa shape index (κ2) is 5.84. The Morgan fingerprint density at radius 1 is 1.47 bits per heavy atom. The molecule has 0 aliphatic rings. The maximum absolute atomic E-state index is 13.2. The zero-order chi connectivity index (χ0) is 13.8. The smallest absolute Gasteiger partial charge is 0.124 e. The molecule has 0 bridgehead atoms. The summed E-state index contributed by atoms with van der Waals surface area (Å²) in [6, 6.07) is 4.16. The van der Waals surface area contributed by atoms with Crippen LogP contribution >= 0.6 is 0 Å². The fourth-order valence-corrected chi connectivity index (χ4v) is 1.89. The van der Waals surface area contributed by atoms with Crippen molar-refractivity contribution >= 4 is 0 Å². The van der Waals surface area contributed by atoms with Crippen LogP contribution in [0.15, 0.2) is 30.6 Å². The van der Waals surface area contributed by atoms with E-state index in [1.54, 1.807) is 16.9 Å². The molecule has 0 amide bonds. The lowest BCUT2D eigenvalue weighted by molar-refractivity contribution is 0.316. The van der Waals surface area contributed by atoms with Crippen molar-refractivity contribution in [3.8, 4) is 5.75 Å². The van der Waals surface area contributed by atoms with Gasteiger partial charge >= 0.3 is 0 Å². The highest BCUT2D eigenvalue weighted by Gasteiger charge is 2.09. The minimum absolute atomic E-state index is 0.260. The van der Waals surface area contributed by atoms with Gasteiger partial charge in [-0.15, -0.1) is 0 Å². The van der Waals surface area contributed by atoms with Crippen LogP contribution in [-0.4, -0.2) is 16.4 Å². The molecule has 0 unspecified atom stereocenters. The molecule has 1 aromatic heterocycles. The van der Waals surface area contributed by atoms with Gasteiger partial charge in [0.05, 0.1) is 12.8 Å². The van der Waals surface area contributed by atoms with Crippen molar-refractivity contribution in [3.05, 3.63) is 47.5 Å². The summed E-state index contributed by atoms with van der Waals surface area (Å²) in [5.41, 5.74) is 7.60. The number of hydrogen-bond donors (Lipinski definition) is 1. The third kappa shape index (κ3) is 3.54. The quantitative estimate of drug-likeness (QED) is 0.899. The van der Waals surface area contributed by atoms with Crippen molar-refractivity contribution < 1.29 is 9.13 Å². The predicted octanol–water partition coefficient (Wildman–Crippen LogP) is 2.20. The average Bonchev–Trinajstić information content (AvgIpc) is 2.77. The normalized spacial score (nSPS) is 12.4. The number of ether oxygens (including phenoxy) is 1. The van der Waals surface area contributed by atoms with Gasteiger partial charge in [0.2, 0.25) is 0 Å². The zero-order valence-corrected chi connectivity index (χ0v) is 11.1. The molecule has 0 radical (unpaired) electrons. The standard InChI is InChI=1S/C14H18FN3O/c1-10(16)13-7-12(15)3-4-14(13)19-6-5-11-8-17-18(2)9-11/h3-4,7-10H,5-6,16H2,1-2H3/t10-/m1/s1. The molecule has 0 saturated heterocycles. The number of nitrogens with two attached hydrogens (primary N) is 1. The van der Waals surface area contributed by atoms with Crippen LogP contribution in [0.5, 0.6) is 5.75 Å². The van der Waals surface area contributed by atoms with Crippen LogP contribution in [0.4, 0.5) is 4.39 Å². The van der Waals surface area contributed by atoms with E-state index in [-0.39, 0.29) is 11.9 Å². The summed E-state index contributed by atoms with van der Waals surface area (Å²) in [6.45, 7) is 2.32. The van der Waals surface area contributed by atoms with Gasteiger partial charge in [0, 0.05) is 31.3 Å². The highest BCUT2D eigenvalue weighted by Crippen LogP contribution is 2.24. The van der Waals surface area contributed by atoms with Crippen LogP contribution in [0.3, 0.4) is 0 Å². The van der Waals surface area contributed by atoms with Crippen molar-refractivity contribution in [2.45, 2.75) is 19.4 Å². The van der Waals surface area contributed by atoms with Crippen LogP contribution in [-0.2, 0) is 13.5 Å². The molecular weight excluding hydrogens is 245 g/mol. The third-order valence-corrected chi connectivity index (χ3v) is 2.87. The average molecular weight is 263 g/mol. The molecule has 1 heterocycles. The molecule has 5 heteroatoms. The first-order valence-corrected chi connectivity index (χ1v) is 6.21. The van der Waals surface area contributed by atoms with E-state index in [1.165, 1.54) is 12.1 Å². The molecule has 19 heavy (non-hydrogen) atoms. The molecule has 2 aromatic rings. The van der Waals surface area contributed by atoms with E-state index in [0.29, 0.717) is 17.9 Å². The minimum atomic E-state index is -0.299. The molecule has 0 aliphatic carbocycles. The predicted molar refractivity (Wildman–Crippen MR) is 71.4 cm³/mol. The Morgan fingerprint density at radius 2 is 2.26 bits per heavy atom. The van der Waals surface area contributed by atoms with E-state index in [4.69, 9.17) is 10.5 Å². The molecule has 2 N–H and O–H groups in total. The molecule has 102 valence electrons. The third-order valence-electron chi connectivity index (χ3n) is 2.87. The van der Waals surface area contributed by atoms with E-state index in [9.17, 15) is 4.39 Å². The molecule has 1 atom stereocenters.